The van der Waals surface area contributed by atoms with Gasteiger partial charge >= 0.3 is 0 Å². The van der Waals surface area contributed by atoms with Gasteiger partial charge in [-0.15, -0.1) is 0 Å². The predicted octanol–water partition coefficient (Wildman–Crippen LogP) is 5.37. The van der Waals surface area contributed by atoms with E-state index in [2.05, 4.69) is 10.3 Å². The third kappa shape index (κ3) is 4.28. The number of carbonyl (C=O) groups is 2. The highest BCUT2D eigenvalue weighted by atomic mass is 35.5. The largest absolute Gasteiger partial charge is 0.361 e. The number of halogens is 1. The summed E-state index contributed by atoms with van der Waals surface area (Å²) in [5.41, 5.74) is 4.54. The lowest BCUT2D eigenvalue weighted by atomic mass is 10.1. The molecule has 0 fully saturated rings. The Hall–Kier alpha value is -3.83. The van der Waals surface area contributed by atoms with Gasteiger partial charge in [-0.2, -0.15) is 0 Å². The fourth-order valence-electron chi connectivity index (χ4n) is 4.20. The highest BCUT2D eigenvalue weighted by molar-refractivity contribution is 6.45. The van der Waals surface area contributed by atoms with Crippen LogP contribution in [0.5, 0.6) is 0 Å². The average Bonchev–Trinajstić information content (AvgIpc) is 3.42. The Morgan fingerprint density at radius 1 is 0.909 bits per heavy atom. The summed E-state index contributed by atoms with van der Waals surface area (Å²) in [7, 11) is 0. The molecule has 2 aromatic heterocycles. The van der Waals surface area contributed by atoms with E-state index in [1.165, 1.54) is 0 Å². The summed E-state index contributed by atoms with van der Waals surface area (Å²) < 4.78 is 1.99. The molecule has 0 saturated heterocycles. The summed E-state index contributed by atoms with van der Waals surface area (Å²) in [6.07, 6.45) is 4.35. The molecule has 0 aliphatic heterocycles. The second kappa shape index (κ2) is 8.96. The molecule has 0 saturated carbocycles. The Labute approximate surface area is 196 Å². The monoisotopic (exact) mass is 455 g/mol. The van der Waals surface area contributed by atoms with E-state index in [0.29, 0.717) is 30.1 Å². The number of ketones is 1. The van der Waals surface area contributed by atoms with Gasteiger partial charge in [0, 0.05) is 52.3 Å². The maximum Gasteiger partial charge on any atom is 0.292 e. The highest BCUT2D eigenvalue weighted by Gasteiger charge is 2.21. The maximum atomic E-state index is 13.0. The van der Waals surface area contributed by atoms with Crippen LogP contribution in [0.2, 0.25) is 5.02 Å². The lowest BCUT2D eigenvalue weighted by Gasteiger charge is -2.05. The standard InChI is InChI=1S/C27H22ClN3O2/c28-20-11-9-18(10-12-20)16-31-17-23(22-6-2-4-8-25(22)31)26(32)27(33)29-14-13-19-15-30-24-7-3-1-5-21(19)24/h1-12,15,17,30H,13-14,16H2,(H,29,33). The number of H-pyrrole nitrogens is 1. The van der Waals surface area contributed by atoms with E-state index in [9.17, 15) is 9.59 Å². The van der Waals surface area contributed by atoms with E-state index in [-0.39, 0.29) is 0 Å². The molecule has 2 heterocycles. The van der Waals surface area contributed by atoms with Crippen LogP contribution in [0.15, 0.2) is 85.2 Å². The number of benzene rings is 3. The number of aromatic nitrogens is 2. The van der Waals surface area contributed by atoms with Crippen molar-refractivity contribution < 1.29 is 9.59 Å². The Balaban J connectivity index is 1.32. The number of para-hydroxylation sites is 2. The van der Waals surface area contributed by atoms with Gasteiger partial charge in [0.25, 0.3) is 11.7 Å². The highest BCUT2D eigenvalue weighted by Crippen LogP contribution is 2.24. The fraction of sp³-hybridized carbons (Fsp3) is 0.111. The minimum Gasteiger partial charge on any atom is -0.361 e. The lowest BCUT2D eigenvalue weighted by Crippen LogP contribution is -2.32. The van der Waals surface area contributed by atoms with Gasteiger partial charge < -0.3 is 14.9 Å². The summed E-state index contributed by atoms with van der Waals surface area (Å²) >= 11 is 6.00. The number of carbonyl (C=O) groups excluding carboxylic acids is 2. The first-order chi connectivity index (χ1) is 16.1. The summed E-state index contributed by atoms with van der Waals surface area (Å²) in [4.78, 5) is 28.9. The van der Waals surface area contributed by atoms with Crippen molar-refractivity contribution in [1.29, 1.82) is 0 Å². The first-order valence-corrected chi connectivity index (χ1v) is 11.2. The molecule has 0 aliphatic rings. The lowest BCUT2D eigenvalue weighted by molar-refractivity contribution is -0.116. The molecule has 3 aromatic carbocycles. The minimum absolute atomic E-state index is 0.385. The van der Waals surface area contributed by atoms with Crippen LogP contribution < -0.4 is 5.32 Å². The van der Waals surface area contributed by atoms with Crippen LogP contribution >= 0.6 is 11.6 Å². The van der Waals surface area contributed by atoms with Gasteiger partial charge in [0.15, 0.2) is 0 Å². The zero-order valence-corrected chi connectivity index (χ0v) is 18.6. The van der Waals surface area contributed by atoms with Crippen LogP contribution in [0.1, 0.15) is 21.5 Å². The van der Waals surface area contributed by atoms with E-state index in [4.69, 9.17) is 11.6 Å². The number of fused-ring (bicyclic) bond motifs is 2. The maximum absolute atomic E-state index is 13.0. The molecule has 6 heteroatoms. The molecule has 0 bridgehead atoms. The number of nitrogens with one attached hydrogen (secondary N) is 2. The number of aromatic amines is 1. The molecule has 0 unspecified atom stereocenters. The molecule has 0 radical (unpaired) electrons. The van der Waals surface area contributed by atoms with Crippen molar-refractivity contribution in [1.82, 2.24) is 14.9 Å². The number of rotatable bonds is 7. The SMILES string of the molecule is O=C(NCCc1c[nH]c2ccccc12)C(=O)c1cn(Cc2ccc(Cl)cc2)c2ccccc12. The van der Waals surface area contributed by atoms with Gasteiger partial charge in [-0.1, -0.05) is 60.1 Å². The second-order valence-electron chi connectivity index (χ2n) is 8.01. The van der Waals surface area contributed by atoms with Crippen LogP contribution in [0.4, 0.5) is 0 Å². The van der Waals surface area contributed by atoms with E-state index in [1.807, 2.05) is 83.6 Å². The number of nitrogens with zero attached hydrogens (tertiary/aromatic N) is 1. The van der Waals surface area contributed by atoms with Crippen molar-refractivity contribution in [2.45, 2.75) is 13.0 Å². The number of hydrogen-bond acceptors (Lipinski definition) is 2. The first kappa shape index (κ1) is 21.0. The van der Waals surface area contributed by atoms with Crippen molar-refractivity contribution in [2.24, 2.45) is 0 Å². The molecule has 33 heavy (non-hydrogen) atoms. The summed E-state index contributed by atoms with van der Waals surface area (Å²) in [5.74, 6) is -1.12. The van der Waals surface area contributed by atoms with Crippen LogP contribution in [-0.2, 0) is 17.8 Å². The average molecular weight is 456 g/mol. The Morgan fingerprint density at radius 3 is 2.45 bits per heavy atom. The number of hydrogen-bond donors (Lipinski definition) is 2. The van der Waals surface area contributed by atoms with Gasteiger partial charge in [-0.25, -0.2) is 0 Å². The molecule has 5 aromatic rings. The van der Waals surface area contributed by atoms with Crippen LogP contribution in [0, 0.1) is 0 Å². The Morgan fingerprint density at radius 2 is 1.64 bits per heavy atom. The molecule has 0 aliphatic carbocycles. The number of amides is 1. The van der Waals surface area contributed by atoms with Crippen molar-refractivity contribution in [3.8, 4) is 0 Å². The van der Waals surface area contributed by atoms with Crippen molar-refractivity contribution in [2.75, 3.05) is 6.54 Å². The molecule has 2 N–H and O–H groups in total. The van der Waals surface area contributed by atoms with Gasteiger partial charge in [-0.3, -0.25) is 9.59 Å². The summed E-state index contributed by atoms with van der Waals surface area (Å²) in [5, 5.41) is 5.36. The molecule has 1 amide bonds. The number of Topliss-reactive ketones (excluding diaryl/α,β-unsaturated/α-hetero) is 1. The fourth-order valence-corrected chi connectivity index (χ4v) is 4.32. The Kier molecular flexibility index (Phi) is 5.71. The molecular weight excluding hydrogens is 434 g/mol. The van der Waals surface area contributed by atoms with Crippen LogP contribution in [-0.4, -0.2) is 27.8 Å². The molecular formula is C27H22ClN3O2. The molecule has 5 rings (SSSR count). The second-order valence-corrected chi connectivity index (χ2v) is 8.45. The Bertz CT molecular complexity index is 1460. The van der Waals surface area contributed by atoms with Crippen molar-refractivity contribution in [3.05, 3.63) is 107 Å². The summed E-state index contributed by atoms with van der Waals surface area (Å²) in [6.45, 7) is 0.961. The smallest absolute Gasteiger partial charge is 0.292 e. The van der Waals surface area contributed by atoms with Gasteiger partial charge in [0.1, 0.15) is 0 Å². The summed E-state index contributed by atoms with van der Waals surface area (Å²) in [6, 6.07) is 23.3. The molecule has 164 valence electrons. The minimum atomic E-state index is -0.593. The van der Waals surface area contributed by atoms with Crippen molar-refractivity contribution in [3.63, 3.8) is 0 Å². The molecule has 5 nitrogen and oxygen atoms in total. The topological polar surface area (TPSA) is 66.9 Å². The normalized spacial score (nSPS) is 11.2. The van der Waals surface area contributed by atoms with E-state index >= 15 is 0 Å². The van der Waals surface area contributed by atoms with E-state index < -0.39 is 11.7 Å². The van der Waals surface area contributed by atoms with Gasteiger partial charge in [-0.05, 0) is 41.8 Å². The third-order valence-corrected chi connectivity index (χ3v) is 6.11. The predicted molar refractivity (Wildman–Crippen MR) is 132 cm³/mol. The first-order valence-electron chi connectivity index (χ1n) is 10.8. The van der Waals surface area contributed by atoms with Crippen molar-refractivity contribution >= 4 is 45.1 Å². The van der Waals surface area contributed by atoms with Gasteiger partial charge in [0.2, 0.25) is 0 Å². The molecule has 0 atom stereocenters. The molecule has 0 spiro atoms. The van der Waals surface area contributed by atoms with Crippen LogP contribution in [0.3, 0.4) is 0 Å². The zero-order valence-electron chi connectivity index (χ0n) is 17.8. The quantitative estimate of drug-likeness (QED) is 0.256. The van der Waals surface area contributed by atoms with Gasteiger partial charge in [0.05, 0.1) is 5.56 Å². The van der Waals surface area contributed by atoms with Crippen LogP contribution in [0.25, 0.3) is 21.8 Å². The third-order valence-electron chi connectivity index (χ3n) is 5.86. The van der Waals surface area contributed by atoms with E-state index in [1.54, 1.807) is 6.20 Å². The van der Waals surface area contributed by atoms with E-state index in [0.717, 1.165) is 32.9 Å². The zero-order chi connectivity index (χ0) is 22.8.